The van der Waals surface area contributed by atoms with Crippen molar-refractivity contribution in [3.8, 4) is 0 Å². The van der Waals surface area contributed by atoms with E-state index in [2.05, 4.69) is 15.9 Å². The first-order chi connectivity index (χ1) is 8.90. The second-order valence-electron chi connectivity index (χ2n) is 3.46. The third kappa shape index (κ3) is 5.31. The lowest BCUT2D eigenvalue weighted by Gasteiger charge is -2.04. The molecule has 6 nitrogen and oxygen atoms in total. The first-order valence-electron chi connectivity index (χ1n) is 5.15. The van der Waals surface area contributed by atoms with Crippen molar-refractivity contribution in [3.63, 3.8) is 0 Å². The Morgan fingerprint density at radius 1 is 1.37 bits per heavy atom. The number of carbonyl (C=O) groups excluding carboxylic acids is 2. The fraction of sp³-hybridized carbons (Fsp3) is 0.182. The molecule has 0 fully saturated rings. The molecule has 1 aromatic carbocycles. The molecule has 4 N–H and O–H groups in total. The van der Waals surface area contributed by atoms with Gasteiger partial charge in [0.25, 0.3) is 0 Å². The van der Waals surface area contributed by atoms with Gasteiger partial charge in [-0.25, -0.2) is 9.59 Å². The third-order valence-corrected chi connectivity index (χ3v) is 3.72. The highest BCUT2D eigenvalue weighted by Crippen LogP contribution is 2.25. The topological polar surface area (TPSA) is 109 Å². The van der Waals surface area contributed by atoms with Gasteiger partial charge in [0.15, 0.2) is 0 Å². The zero-order valence-electron chi connectivity index (χ0n) is 9.68. The first kappa shape index (κ1) is 15.5. The molecule has 0 aliphatic heterocycles. The van der Waals surface area contributed by atoms with Crippen LogP contribution in [0.1, 0.15) is 16.8 Å². The quantitative estimate of drug-likeness (QED) is 0.704. The van der Waals surface area contributed by atoms with E-state index in [1.165, 1.54) is 17.8 Å². The number of hydrogen-bond acceptors (Lipinski definition) is 4. The van der Waals surface area contributed by atoms with E-state index in [9.17, 15) is 14.4 Å². The monoisotopic (exact) mass is 346 g/mol. The Labute approximate surface area is 121 Å². The second kappa shape index (κ2) is 7.15. The molecule has 19 heavy (non-hydrogen) atoms. The molecule has 0 heterocycles. The van der Waals surface area contributed by atoms with Crippen LogP contribution in [-0.4, -0.2) is 28.8 Å². The average molecular weight is 347 g/mol. The molecule has 1 rings (SSSR count). The molecule has 0 atom stereocenters. The van der Waals surface area contributed by atoms with Crippen LogP contribution in [0.3, 0.4) is 0 Å². The number of carboxylic acids is 1. The summed E-state index contributed by atoms with van der Waals surface area (Å²) >= 11 is 4.46. The van der Waals surface area contributed by atoms with E-state index in [4.69, 9.17) is 10.8 Å². The van der Waals surface area contributed by atoms with Crippen molar-refractivity contribution >= 4 is 45.6 Å². The maximum atomic E-state index is 11.1. The number of amides is 3. The summed E-state index contributed by atoms with van der Waals surface area (Å²) in [6, 6.07) is 4.01. The normalized spacial score (nSPS) is 9.95. The van der Waals surface area contributed by atoms with Gasteiger partial charge in [-0.05, 0) is 34.1 Å². The molecule has 0 bridgehead atoms. The molecule has 102 valence electrons. The van der Waals surface area contributed by atoms with E-state index in [1.807, 2.05) is 5.32 Å². The molecule has 0 aliphatic rings. The van der Waals surface area contributed by atoms with Crippen LogP contribution in [0.15, 0.2) is 27.6 Å². The van der Waals surface area contributed by atoms with Crippen LogP contribution in [0.5, 0.6) is 0 Å². The standard InChI is InChI=1S/C11H11BrN2O4S/c12-8-2-1-6(5-7(8)10(16)17)19-4-3-9(15)14-11(13)18/h1-2,5H,3-4H2,(H,16,17)(H3,13,14,15,18). The number of carbonyl (C=O) groups is 3. The lowest BCUT2D eigenvalue weighted by atomic mass is 10.2. The summed E-state index contributed by atoms with van der Waals surface area (Å²) in [4.78, 5) is 33.2. The Balaban J connectivity index is 2.54. The SMILES string of the molecule is NC(=O)NC(=O)CCSc1ccc(Br)c(C(=O)O)c1. The molecule has 0 aliphatic carbocycles. The Hall–Kier alpha value is -1.54. The van der Waals surface area contributed by atoms with Crippen LogP contribution in [0, 0.1) is 0 Å². The van der Waals surface area contributed by atoms with E-state index in [-0.39, 0.29) is 12.0 Å². The van der Waals surface area contributed by atoms with Gasteiger partial charge < -0.3 is 10.8 Å². The Bertz CT molecular complexity index is 521. The first-order valence-corrected chi connectivity index (χ1v) is 6.93. The summed E-state index contributed by atoms with van der Waals surface area (Å²) in [5, 5.41) is 10.9. The van der Waals surface area contributed by atoms with Crippen molar-refractivity contribution in [1.29, 1.82) is 0 Å². The van der Waals surface area contributed by atoms with E-state index >= 15 is 0 Å². The minimum atomic E-state index is -1.03. The maximum absolute atomic E-state index is 11.1. The molecular formula is C11H11BrN2O4S. The molecule has 0 radical (unpaired) electrons. The molecule has 0 spiro atoms. The number of benzene rings is 1. The van der Waals surface area contributed by atoms with Gasteiger partial charge in [0, 0.05) is 21.5 Å². The number of urea groups is 1. The largest absolute Gasteiger partial charge is 0.478 e. The van der Waals surface area contributed by atoms with Crippen molar-refractivity contribution in [1.82, 2.24) is 5.32 Å². The molecule has 0 unspecified atom stereocenters. The van der Waals surface area contributed by atoms with E-state index in [0.717, 1.165) is 4.90 Å². The number of carboxylic acid groups (broad SMARTS) is 1. The van der Waals surface area contributed by atoms with Crippen LogP contribution in [0.2, 0.25) is 0 Å². The molecule has 0 aromatic heterocycles. The highest BCUT2D eigenvalue weighted by atomic mass is 79.9. The van der Waals surface area contributed by atoms with Crippen LogP contribution in [0.4, 0.5) is 4.79 Å². The number of halogens is 1. The molecule has 3 amide bonds. The van der Waals surface area contributed by atoms with Crippen LogP contribution < -0.4 is 11.1 Å². The second-order valence-corrected chi connectivity index (χ2v) is 5.48. The Morgan fingerprint density at radius 2 is 2.05 bits per heavy atom. The van der Waals surface area contributed by atoms with Crippen molar-refractivity contribution in [3.05, 3.63) is 28.2 Å². The number of primary amides is 1. The van der Waals surface area contributed by atoms with Gasteiger partial charge in [0.2, 0.25) is 5.91 Å². The zero-order chi connectivity index (χ0) is 14.4. The molecule has 8 heteroatoms. The minimum Gasteiger partial charge on any atom is -0.478 e. The van der Waals surface area contributed by atoms with Gasteiger partial charge in [-0.2, -0.15) is 0 Å². The summed E-state index contributed by atoms with van der Waals surface area (Å²) < 4.78 is 0.496. The fourth-order valence-electron chi connectivity index (χ4n) is 1.22. The van der Waals surface area contributed by atoms with Gasteiger partial charge in [-0.3, -0.25) is 10.1 Å². The summed E-state index contributed by atoms with van der Waals surface area (Å²) in [7, 11) is 0. The van der Waals surface area contributed by atoms with Gasteiger partial charge in [-0.1, -0.05) is 0 Å². The summed E-state index contributed by atoms with van der Waals surface area (Å²) in [6.07, 6.45) is 0.117. The summed E-state index contributed by atoms with van der Waals surface area (Å²) in [5.74, 6) is -1.07. The number of imide groups is 1. The third-order valence-electron chi connectivity index (χ3n) is 2.03. The van der Waals surface area contributed by atoms with E-state index in [0.29, 0.717) is 10.2 Å². The molecule has 1 aromatic rings. The minimum absolute atomic E-state index is 0.117. The predicted octanol–water partition coefficient (Wildman–Crippen LogP) is 1.82. The fourth-order valence-corrected chi connectivity index (χ4v) is 2.52. The van der Waals surface area contributed by atoms with Crippen molar-refractivity contribution in [2.45, 2.75) is 11.3 Å². The average Bonchev–Trinajstić information content (AvgIpc) is 2.30. The highest BCUT2D eigenvalue weighted by Gasteiger charge is 2.10. The Morgan fingerprint density at radius 3 is 2.63 bits per heavy atom. The highest BCUT2D eigenvalue weighted by molar-refractivity contribution is 9.10. The van der Waals surface area contributed by atoms with Crippen LogP contribution >= 0.6 is 27.7 Å². The number of thioether (sulfide) groups is 1. The number of aromatic carboxylic acids is 1. The smallest absolute Gasteiger partial charge is 0.336 e. The predicted molar refractivity (Wildman–Crippen MR) is 74.2 cm³/mol. The van der Waals surface area contributed by atoms with Gasteiger partial charge in [0.05, 0.1) is 5.56 Å². The van der Waals surface area contributed by atoms with Crippen LogP contribution in [0.25, 0.3) is 0 Å². The number of hydrogen-bond donors (Lipinski definition) is 3. The van der Waals surface area contributed by atoms with Crippen molar-refractivity contribution < 1.29 is 19.5 Å². The van der Waals surface area contributed by atoms with E-state index < -0.39 is 17.9 Å². The number of rotatable bonds is 5. The molecule has 0 saturated heterocycles. The molecular weight excluding hydrogens is 336 g/mol. The van der Waals surface area contributed by atoms with Crippen molar-refractivity contribution in [2.24, 2.45) is 5.73 Å². The molecule has 0 saturated carbocycles. The lowest BCUT2D eigenvalue weighted by Crippen LogP contribution is -2.35. The lowest BCUT2D eigenvalue weighted by molar-refractivity contribution is -0.119. The maximum Gasteiger partial charge on any atom is 0.336 e. The Kier molecular flexibility index (Phi) is 5.84. The van der Waals surface area contributed by atoms with Crippen molar-refractivity contribution in [2.75, 3.05) is 5.75 Å². The van der Waals surface area contributed by atoms with Gasteiger partial charge >= 0.3 is 12.0 Å². The summed E-state index contributed by atoms with van der Waals surface area (Å²) in [6.45, 7) is 0. The van der Waals surface area contributed by atoms with Crippen LogP contribution in [-0.2, 0) is 4.79 Å². The zero-order valence-corrected chi connectivity index (χ0v) is 12.1. The number of nitrogens with one attached hydrogen (secondary N) is 1. The van der Waals surface area contributed by atoms with Gasteiger partial charge in [0.1, 0.15) is 0 Å². The van der Waals surface area contributed by atoms with E-state index in [1.54, 1.807) is 12.1 Å². The summed E-state index contributed by atoms with van der Waals surface area (Å²) in [5.41, 5.74) is 4.96. The van der Waals surface area contributed by atoms with Gasteiger partial charge in [-0.15, -0.1) is 11.8 Å². The number of nitrogens with two attached hydrogens (primary N) is 1.